The van der Waals surface area contributed by atoms with Crippen molar-refractivity contribution in [2.75, 3.05) is 0 Å². The first-order chi connectivity index (χ1) is 8.72. The Morgan fingerprint density at radius 2 is 2.28 bits per heavy atom. The summed E-state index contributed by atoms with van der Waals surface area (Å²) in [6.07, 6.45) is 2.06. The van der Waals surface area contributed by atoms with Gasteiger partial charge in [-0.2, -0.15) is 0 Å². The number of ketones is 1. The van der Waals surface area contributed by atoms with Crippen molar-refractivity contribution in [1.82, 2.24) is 9.97 Å². The number of aromatic amines is 1. The van der Waals surface area contributed by atoms with Crippen molar-refractivity contribution in [3.8, 4) is 11.6 Å². The summed E-state index contributed by atoms with van der Waals surface area (Å²) >= 11 is 0. The summed E-state index contributed by atoms with van der Waals surface area (Å²) in [5.41, 5.74) is 2.78. The van der Waals surface area contributed by atoms with E-state index in [0.717, 1.165) is 16.6 Å². The largest absolute Gasteiger partial charge is 0.461 e. The number of carbonyl (C=O) groups excluding carboxylic acids is 1. The van der Waals surface area contributed by atoms with Crippen LogP contribution in [0.4, 0.5) is 0 Å². The Bertz CT molecular complexity index is 696. The van der Waals surface area contributed by atoms with Gasteiger partial charge in [-0.1, -0.05) is 6.07 Å². The second kappa shape index (κ2) is 4.14. The number of H-pyrrole nitrogens is 1. The Morgan fingerprint density at radius 1 is 1.39 bits per heavy atom. The third kappa shape index (κ3) is 1.93. The molecule has 2 aromatic heterocycles. The number of hydrogen-bond donors (Lipinski definition) is 1. The van der Waals surface area contributed by atoms with Crippen molar-refractivity contribution < 1.29 is 9.21 Å². The Morgan fingerprint density at radius 3 is 3.00 bits per heavy atom. The van der Waals surface area contributed by atoms with E-state index >= 15 is 0 Å². The van der Waals surface area contributed by atoms with E-state index in [1.807, 2.05) is 30.3 Å². The Balaban J connectivity index is 2.04. The van der Waals surface area contributed by atoms with Crippen LogP contribution in [-0.4, -0.2) is 15.8 Å². The van der Waals surface area contributed by atoms with Crippen LogP contribution in [0, 0.1) is 0 Å². The van der Waals surface area contributed by atoms with Crippen molar-refractivity contribution in [3.05, 3.63) is 42.2 Å². The number of aromatic nitrogens is 2. The number of nitrogens with one attached hydrogen (secondary N) is 1. The third-order valence-corrected chi connectivity index (χ3v) is 2.75. The summed E-state index contributed by atoms with van der Waals surface area (Å²) in [6, 6.07) is 9.47. The first kappa shape index (κ1) is 10.8. The van der Waals surface area contributed by atoms with E-state index in [1.54, 1.807) is 13.2 Å². The minimum atomic E-state index is 0.153. The molecule has 0 aliphatic heterocycles. The topological polar surface area (TPSA) is 58.9 Å². The maximum atomic E-state index is 11.1. The molecule has 0 saturated heterocycles. The van der Waals surface area contributed by atoms with E-state index in [0.29, 0.717) is 18.0 Å². The fourth-order valence-corrected chi connectivity index (χ4v) is 1.98. The van der Waals surface area contributed by atoms with Crippen molar-refractivity contribution in [1.29, 1.82) is 0 Å². The van der Waals surface area contributed by atoms with Crippen molar-refractivity contribution >= 4 is 16.8 Å². The van der Waals surface area contributed by atoms with Crippen LogP contribution in [0.3, 0.4) is 0 Å². The Kier molecular flexibility index (Phi) is 2.48. The first-order valence-corrected chi connectivity index (χ1v) is 5.74. The maximum Gasteiger partial charge on any atom is 0.174 e. The van der Waals surface area contributed by atoms with Gasteiger partial charge in [0.1, 0.15) is 5.78 Å². The van der Waals surface area contributed by atoms with Gasteiger partial charge in [0.15, 0.2) is 11.6 Å². The number of imidazole rings is 1. The number of Topliss-reactive ketones (excluding diaryl/α,β-unsaturated/α-hetero) is 1. The Labute approximate surface area is 104 Å². The van der Waals surface area contributed by atoms with E-state index < -0.39 is 0 Å². The molecule has 3 aromatic rings. The van der Waals surface area contributed by atoms with E-state index in [9.17, 15) is 4.79 Å². The van der Waals surface area contributed by atoms with Crippen LogP contribution in [0.1, 0.15) is 12.5 Å². The lowest BCUT2D eigenvalue weighted by molar-refractivity contribution is -0.116. The van der Waals surface area contributed by atoms with Gasteiger partial charge in [-0.3, -0.25) is 4.79 Å². The number of rotatable bonds is 3. The van der Waals surface area contributed by atoms with Crippen LogP contribution in [0.5, 0.6) is 0 Å². The van der Waals surface area contributed by atoms with E-state index in [4.69, 9.17) is 4.42 Å². The molecule has 4 heteroatoms. The van der Waals surface area contributed by atoms with Crippen LogP contribution >= 0.6 is 0 Å². The van der Waals surface area contributed by atoms with E-state index in [2.05, 4.69) is 9.97 Å². The highest BCUT2D eigenvalue weighted by molar-refractivity contribution is 5.82. The average Bonchev–Trinajstić information content (AvgIpc) is 2.95. The molecule has 18 heavy (non-hydrogen) atoms. The summed E-state index contributed by atoms with van der Waals surface area (Å²) in [5, 5.41) is 0. The standard InChI is InChI=1S/C14H12N2O2/c1-9(17)7-10-4-5-11-12(8-10)16-14(15-11)13-3-2-6-18-13/h2-6,8H,7H2,1H3,(H,15,16). The second-order valence-electron chi connectivity index (χ2n) is 4.29. The molecule has 1 aromatic carbocycles. The molecular formula is C14H12N2O2. The van der Waals surface area contributed by atoms with Crippen LogP contribution in [0.2, 0.25) is 0 Å². The molecule has 2 heterocycles. The van der Waals surface area contributed by atoms with Crippen molar-refractivity contribution in [3.63, 3.8) is 0 Å². The lowest BCUT2D eigenvalue weighted by Gasteiger charge is -1.96. The van der Waals surface area contributed by atoms with Crippen molar-refractivity contribution in [2.24, 2.45) is 0 Å². The van der Waals surface area contributed by atoms with Crippen LogP contribution in [0.15, 0.2) is 41.0 Å². The van der Waals surface area contributed by atoms with Gasteiger partial charge in [-0.25, -0.2) is 4.98 Å². The van der Waals surface area contributed by atoms with E-state index in [-0.39, 0.29) is 5.78 Å². The monoisotopic (exact) mass is 240 g/mol. The van der Waals surface area contributed by atoms with Gasteiger partial charge in [0, 0.05) is 6.42 Å². The minimum Gasteiger partial charge on any atom is -0.461 e. The second-order valence-corrected chi connectivity index (χ2v) is 4.29. The fraction of sp³-hybridized carbons (Fsp3) is 0.143. The van der Waals surface area contributed by atoms with Crippen LogP contribution < -0.4 is 0 Å². The molecular weight excluding hydrogens is 228 g/mol. The average molecular weight is 240 g/mol. The Hall–Kier alpha value is -2.36. The number of benzene rings is 1. The summed E-state index contributed by atoms with van der Waals surface area (Å²) < 4.78 is 5.30. The highest BCUT2D eigenvalue weighted by Gasteiger charge is 2.08. The molecule has 0 amide bonds. The molecule has 0 aliphatic rings. The molecule has 0 radical (unpaired) electrons. The van der Waals surface area contributed by atoms with Gasteiger partial charge in [0.05, 0.1) is 17.3 Å². The fourth-order valence-electron chi connectivity index (χ4n) is 1.98. The maximum absolute atomic E-state index is 11.1. The van der Waals surface area contributed by atoms with Gasteiger partial charge in [-0.05, 0) is 36.8 Å². The molecule has 0 atom stereocenters. The van der Waals surface area contributed by atoms with Gasteiger partial charge >= 0.3 is 0 Å². The SMILES string of the molecule is CC(=O)Cc1ccc2nc(-c3ccco3)[nH]c2c1. The predicted octanol–water partition coefficient (Wildman–Crippen LogP) is 2.95. The summed E-state index contributed by atoms with van der Waals surface area (Å²) in [6.45, 7) is 1.59. The number of carbonyl (C=O) groups is 1. The molecule has 0 aliphatic carbocycles. The van der Waals surface area contributed by atoms with Gasteiger partial charge < -0.3 is 9.40 Å². The normalized spacial score (nSPS) is 10.9. The molecule has 4 nitrogen and oxygen atoms in total. The zero-order valence-corrected chi connectivity index (χ0v) is 9.93. The predicted molar refractivity (Wildman–Crippen MR) is 68.2 cm³/mol. The zero-order valence-electron chi connectivity index (χ0n) is 9.93. The number of hydrogen-bond acceptors (Lipinski definition) is 3. The molecule has 0 saturated carbocycles. The molecule has 0 unspecified atom stereocenters. The van der Waals surface area contributed by atoms with Gasteiger partial charge in [-0.15, -0.1) is 0 Å². The highest BCUT2D eigenvalue weighted by Crippen LogP contribution is 2.21. The molecule has 0 bridgehead atoms. The number of fused-ring (bicyclic) bond motifs is 1. The summed E-state index contributed by atoms with van der Waals surface area (Å²) in [7, 11) is 0. The zero-order chi connectivity index (χ0) is 12.5. The minimum absolute atomic E-state index is 0.153. The van der Waals surface area contributed by atoms with Crippen molar-refractivity contribution in [2.45, 2.75) is 13.3 Å². The molecule has 0 fully saturated rings. The van der Waals surface area contributed by atoms with Crippen LogP contribution in [-0.2, 0) is 11.2 Å². The first-order valence-electron chi connectivity index (χ1n) is 5.74. The van der Waals surface area contributed by atoms with Crippen LogP contribution in [0.25, 0.3) is 22.6 Å². The van der Waals surface area contributed by atoms with Gasteiger partial charge in [0.2, 0.25) is 0 Å². The number of furan rings is 1. The summed E-state index contributed by atoms with van der Waals surface area (Å²) in [5.74, 6) is 1.56. The third-order valence-electron chi connectivity index (χ3n) is 2.75. The smallest absolute Gasteiger partial charge is 0.174 e. The molecule has 0 spiro atoms. The summed E-state index contributed by atoms with van der Waals surface area (Å²) in [4.78, 5) is 18.7. The molecule has 90 valence electrons. The lowest BCUT2D eigenvalue weighted by atomic mass is 10.1. The van der Waals surface area contributed by atoms with E-state index in [1.165, 1.54) is 0 Å². The van der Waals surface area contributed by atoms with Gasteiger partial charge in [0.25, 0.3) is 0 Å². The highest BCUT2D eigenvalue weighted by atomic mass is 16.3. The molecule has 1 N–H and O–H groups in total. The number of nitrogens with zero attached hydrogens (tertiary/aromatic N) is 1. The quantitative estimate of drug-likeness (QED) is 0.765. The lowest BCUT2D eigenvalue weighted by Crippen LogP contribution is -1.95. The molecule has 3 rings (SSSR count).